The predicted molar refractivity (Wildman–Crippen MR) is 256 cm³/mol. The summed E-state index contributed by atoms with van der Waals surface area (Å²) in [4.78, 5) is 22.7. The van der Waals surface area contributed by atoms with Gasteiger partial charge in [-0.1, -0.05) is 183 Å². The molecule has 354 valence electrons. The first-order valence-corrected chi connectivity index (χ1v) is 25.9. The van der Waals surface area contributed by atoms with E-state index in [-0.39, 0.29) is 19.6 Å². The van der Waals surface area contributed by atoms with Crippen molar-refractivity contribution in [2.24, 2.45) is 0 Å². The number of aliphatic hydroxyl groups excluding tert-OH is 2. The van der Waals surface area contributed by atoms with Crippen molar-refractivity contribution < 1.29 is 43.0 Å². The molecule has 0 radical (unpaired) electrons. The van der Waals surface area contributed by atoms with Gasteiger partial charge < -0.3 is 24.6 Å². The highest BCUT2D eigenvalue weighted by Gasteiger charge is 2.26. The number of unbranched alkanes of at least 4 members (excludes halogenated alkanes) is 20. The molecule has 3 N–H and O–H groups in total. The van der Waals surface area contributed by atoms with Gasteiger partial charge in [0.25, 0.3) is 0 Å². The molecule has 61 heavy (non-hydrogen) atoms. The van der Waals surface area contributed by atoms with Crippen molar-refractivity contribution >= 4 is 13.8 Å². The summed E-state index contributed by atoms with van der Waals surface area (Å²) < 4.78 is 33.5. The highest BCUT2D eigenvalue weighted by Crippen LogP contribution is 2.43. The Morgan fingerprint density at radius 1 is 0.525 bits per heavy atom. The van der Waals surface area contributed by atoms with Gasteiger partial charge in [0.2, 0.25) is 0 Å². The summed E-state index contributed by atoms with van der Waals surface area (Å²) in [6, 6.07) is 0. The Labute approximate surface area is 373 Å². The third-order valence-electron chi connectivity index (χ3n) is 10.1. The molecule has 0 aromatic heterocycles. The lowest BCUT2D eigenvalue weighted by Crippen LogP contribution is -2.29. The van der Waals surface area contributed by atoms with Gasteiger partial charge in [-0.15, -0.1) is 0 Å². The van der Waals surface area contributed by atoms with E-state index in [9.17, 15) is 19.4 Å². The molecular formula is C51H91O9P. The molecule has 9 nitrogen and oxygen atoms in total. The molecule has 0 rings (SSSR count). The van der Waals surface area contributed by atoms with Crippen molar-refractivity contribution in [3.63, 3.8) is 0 Å². The zero-order valence-corrected chi connectivity index (χ0v) is 39.8. The summed E-state index contributed by atoms with van der Waals surface area (Å²) in [6.45, 7) is 3.37. The molecule has 0 aromatic carbocycles. The molecule has 0 fully saturated rings. The van der Waals surface area contributed by atoms with Gasteiger partial charge in [-0.05, 0) is 83.5 Å². The van der Waals surface area contributed by atoms with Crippen LogP contribution in [0.3, 0.4) is 0 Å². The van der Waals surface area contributed by atoms with E-state index >= 15 is 0 Å². The number of phosphoric acid groups is 1. The molecule has 3 atom stereocenters. The largest absolute Gasteiger partial charge is 0.472 e. The van der Waals surface area contributed by atoms with Crippen LogP contribution in [0.2, 0.25) is 0 Å². The van der Waals surface area contributed by atoms with E-state index in [0.717, 1.165) is 83.5 Å². The van der Waals surface area contributed by atoms with Crippen molar-refractivity contribution in [2.75, 3.05) is 33.0 Å². The highest BCUT2D eigenvalue weighted by atomic mass is 31.2. The third kappa shape index (κ3) is 47.2. The Morgan fingerprint density at radius 3 is 1.41 bits per heavy atom. The lowest BCUT2D eigenvalue weighted by molar-refractivity contribution is -0.154. The molecule has 0 spiro atoms. The number of carbonyl (C=O) groups excluding carboxylic acids is 1. The minimum absolute atomic E-state index is 0.0388. The Balaban J connectivity index is 4.14. The molecule has 10 heteroatoms. The van der Waals surface area contributed by atoms with Crippen molar-refractivity contribution in [1.29, 1.82) is 0 Å². The van der Waals surface area contributed by atoms with Gasteiger partial charge in [-0.25, -0.2) is 4.57 Å². The second-order valence-electron chi connectivity index (χ2n) is 16.1. The maximum Gasteiger partial charge on any atom is 0.472 e. The number of hydrogen-bond donors (Lipinski definition) is 3. The number of aliphatic hydroxyl groups is 2. The Bertz CT molecular complexity index is 1180. The van der Waals surface area contributed by atoms with Gasteiger partial charge in [-0.3, -0.25) is 13.8 Å². The summed E-state index contributed by atoms with van der Waals surface area (Å²) in [5.41, 5.74) is 0. The van der Waals surface area contributed by atoms with Gasteiger partial charge in [0, 0.05) is 13.0 Å². The minimum atomic E-state index is -4.53. The number of ether oxygens (including phenoxy) is 2. The molecule has 0 aliphatic carbocycles. The number of phosphoric ester groups is 1. The fourth-order valence-electron chi connectivity index (χ4n) is 6.44. The average Bonchev–Trinajstić information content (AvgIpc) is 3.25. The first-order chi connectivity index (χ1) is 29.8. The zero-order valence-electron chi connectivity index (χ0n) is 38.9. The molecule has 0 aliphatic rings. The molecule has 0 amide bonds. The van der Waals surface area contributed by atoms with E-state index in [1.165, 1.54) is 89.9 Å². The molecule has 0 heterocycles. The van der Waals surface area contributed by atoms with Crippen LogP contribution in [0.4, 0.5) is 0 Å². The summed E-state index contributed by atoms with van der Waals surface area (Å²) in [5, 5.41) is 18.4. The van der Waals surface area contributed by atoms with Crippen molar-refractivity contribution in [3.8, 4) is 0 Å². The van der Waals surface area contributed by atoms with Crippen LogP contribution in [0, 0.1) is 0 Å². The highest BCUT2D eigenvalue weighted by molar-refractivity contribution is 7.47. The van der Waals surface area contributed by atoms with Crippen LogP contribution in [-0.4, -0.2) is 66.3 Å². The maximum absolute atomic E-state index is 12.7. The molecule has 0 bridgehead atoms. The van der Waals surface area contributed by atoms with E-state index in [1.54, 1.807) is 0 Å². The quantitative estimate of drug-likeness (QED) is 0.0237. The van der Waals surface area contributed by atoms with Crippen LogP contribution < -0.4 is 0 Å². The topological polar surface area (TPSA) is 132 Å². The van der Waals surface area contributed by atoms with Gasteiger partial charge in [0.1, 0.15) is 12.2 Å². The zero-order chi connectivity index (χ0) is 44.6. The molecule has 0 saturated heterocycles. The van der Waals surface area contributed by atoms with E-state index in [0.29, 0.717) is 13.0 Å². The monoisotopic (exact) mass is 879 g/mol. The number of carbonyl (C=O) groups is 1. The fourth-order valence-corrected chi connectivity index (χ4v) is 7.23. The lowest BCUT2D eigenvalue weighted by Gasteiger charge is -2.20. The molecular weight excluding hydrogens is 788 g/mol. The standard InChI is InChI=1S/C51H91O9P/c1-3-5-7-9-11-13-15-17-19-21-23-24-25-27-29-31-33-35-37-39-41-43-51(54)60-50(48-59-61(55,56)58-46-49(53)45-52)47-57-44-42-40-38-36-34-32-30-28-26-22-20-18-16-14-12-10-8-6-4-2/h5,7,11,13-14,16-17,19-20,22-24,49-50,52-53H,3-4,6,8-10,12,15,18,21,25-48H2,1-2H3,(H,55,56)/b7-5-,13-11-,16-14-,19-17-,22-20-,24-23-. The van der Waals surface area contributed by atoms with Crippen LogP contribution >= 0.6 is 7.82 Å². The fraction of sp³-hybridized carbons (Fsp3) is 0.745. The van der Waals surface area contributed by atoms with Crippen molar-refractivity contribution in [2.45, 2.75) is 212 Å². The average molecular weight is 879 g/mol. The van der Waals surface area contributed by atoms with Crippen LogP contribution in [-0.2, 0) is 27.9 Å². The van der Waals surface area contributed by atoms with Crippen LogP contribution in [0.1, 0.15) is 200 Å². The first kappa shape index (κ1) is 58.9. The third-order valence-corrected chi connectivity index (χ3v) is 11.1. The van der Waals surface area contributed by atoms with Crippen molar-refractivity contribution in [3.05, 3.63) is 72.9 Å². The van der Waals surface area contributed by atoms with Crippen LogP contribution in [0.5, 0.6) is 0 Å². The normalized spacial score (nSPS) is 14.5. The molecule has 0 aliphatic heterocycles. The van der Waals surface area contributed by atoms with E-state index < -0.39 is 39.2 Å². The van der Waals surface area contributed by atoms with Gasteiger partial charge >= 0.3 is 13.8 Å². The summed E-state index contributed by atoms with van der Waals surface area (Å²) in [6.07, 6.45) is 57.1. The van der Waals surface area contributed by atoms with E-state index in [4.69, 9.17) is 23.6 Å². The number of allylic oxidation sites excluding steroid dienone is 12. The van der Waals surface area contributed by atoms with E-state index in [2.05, 4.69) is 86.8 Å². The minimum Gasteiger partial charge on any atom is -0.457 e. The number of rotatable bonds is 46. The van der Waals surface area contributed by atoms with Gasteiger partial charge in [0.15, 0.2) is 0 Å². The molecule has 0 saturated carbocycles. The Morgan fingerprint density at radius 2 is 0.934 bits per heavy atom. The maximum atomic E-state index is 12.7. The smallest absolute Gasteiger partial charge is 0.457 e. The molecule has 0 aromatic rings. The summed E-state index contributed by atoms with van der Waals surface area (Å²) in [7, 11) is -4.53. The van der Waals surface area contributed by atoms with Gasteiger partial charge in [0.05, 0.1) is 26.4 Å². The Kier molecular flexibility index (Phi) is 45.7. The first-order valence-electron chi connectivity index (χ1n) is 24.4. The number of esters is 1. The predicted octanol–water partition coefficient (Wildman–Crippen LogP) is 14.1. The second-order valence-corrected chi connectivity index (χ2v) is 17.5. The molecule has 3 unspecified atom stereocenters. The SMILES string of the molecule is CC/C=C\C/C=C\C/C=C\C/C=C\CCCCCCCCCCC(=O)OC(COCCCCCCCCCC/C=C\C/C=C\CCCCCC)COP(=O)(O)OCC(O)CO. The van der Waals surface area contributed by atoms with Crippen LogP contribution in [0.25, 0.3) is 0 Å². The van der Waals surface area contributed by atoms with E-state index in [1.807, 2.05) is 0 Å². The van der Waals surface area contributed by atoms with Crippen LogP contribution in [0.15, 0.2) is 72.9 Å². The second kappa shape index (κ2) is 47.4. The van der Waals surface area contributed by atoms with Crippen molar-refractivity contribution in [1.82, 2.24) is 0 Å². The Hall–Kier alpha value is -2.10. The lowest BCUT2D eigenvalue weighted by atomic mass is 10.1. The summed E-state index contributed by atoms with van der Waals surface area (Å²) >= 11 is 0. The summed E-state index contributed by atoms with van der Waals surface area (Å²) in [5.74, 6) is -0.394. The number of hydrogen-bond acceptors (Lipinski definition) is 8. The van der Waals surface area contributed by atoms with Gasteiger partial charge in [-0.2, -0.15) is 0 Å².